The number of rotatable bonds is 0. The van der Waals surface area contributed by atoms with Crippen LogP contribution in [0.1, 0.15) is 0 Å². The van der Waals surface area contributed by atoms with Crippen LogP contribution >= 0.6 is 35.6 Å². The van der Waals surface area contributed by atoms with E-state index < -0.39 is 0 Å². The van der Waals surface area contributed by atoms with Crippen molar-refractivity contribution in [3.63, 3.8) is 0 Å². The highest BCUT2D eigenvalue weighted by molar-refractivity contribution is 6.34. The van der Waals surface area contributed by atoms with Crippen molar-refractivity contribution in [2.45, 2.75) is 0 Å². The molecule has 0 unspecified atom stereocenters. The van der Waals surface area contributed by atoms with Crippen LogP contribution < -0.4 is 11.7 Å². The summed E-state index contributed by atoms with van der Waals surface area (Å²) in [5.41, 5.74) is 0. The van der Waals surface area contributed by atoms with Crippen molar-refractivity contribution in [1.29, 1.82) is 0 Å². The molecule has 0 heterocycles. The van der Waals surface area contributed by atoms with E-state index in [1.54, 1.807) is 18.2 Å². The fourth-order valence-corrected chi connectivity index (χ4v) is 0.896. The quantitative estimate of drug-likeness (QED) is 0.515. The lowest BCUT2D eigenvalue weighted by atomic mass is 10.4. The van der Waals surface area contributed by atoms with Gasteiger partial charge in [0.05, 0.1) is 0 Å². The number of benzene rings is 1. The zero-order valence-corrected chi connectivity index (χ0v) is 7.96. The zero-order valence-electron chi connectivity index (χ0n) is 5.63. The molecule has 1 rings (SSSR count). The fraction of sp³-hybridized carbons (Fsp3) is 0. The third kappa shape index (κ3) is 6.41. The molecule has 0 saturated heterocycles. The van der Waals surface area contributed by atoms with Crippen LogP contribution in [0.3, 0.4) is 0 Å². The van der Waals surface area contributed by atoms with Gasteiger partial charge in [0, 0.05) is 10.0 Å². The second-order valence-electron chi connectivity index (χ2n) is 1.44. The van der Waals surface area contributed by atoms with Gasteiger partial charge in [-0.1, -0.05) is 29.3 Å². The maximum atomic E-state index is 5.56. The number of halogens is 3. The Bertz CT molecular complexity index is 176. The van der Waals surface area contributed by atoms with E-state index in [1.807, 2.05) is 6.07 Å². The summed E-state index contributed by atoms with van der Waals surface area (Å²) in [7, 11) is 0. The molecule has 5 heteroatoms. The van der Waals surface area contributed by atoms with Crippen molar-refractivity contribution in [3.8, 4) is 0 Å². The van der Waals surface area contributed by atoms with Crippen molar-refractivity contribution in [3.05, 3.63) is 34.3 Å². The fourth-order valence-electron chi connectivity index (χ4n) is 0.460. The van der Waals surface area contributed by atoms with Gasteiger partial charge in [-0.05, 0) is 18.2 Å². The van der Waals surface area contributed by atoms with Gasteiger partial charge in [0.2, 0.25) is 0 Å². The molecule has 0 fully saturated rings. The summed E-state index contributed by atoms with van der Waals surface area (Å²) in [5, 5.41) is 1.36. The maximum absolute atomic E-state index is 5.56. The largest absolute Gasteiger partial charge is 0.274 e. The van der Waals surface area contributed by atoms with Crippen LogP contribution in [0, 0.1) is 0 Å². The molecule has 0 amide bonds. The van der Waals surface area contributed by atoms with Crippen LogP contribution in [-0.2, 0) is 0 Å². The molecule has 1 aromatic carbocycles. The van der Waals surface area contributed by atoms with E-state index in [4.69, 9.17) is 23.2 Å². The minimum Gasteiger partial charge on any atom is -0.274 e. The summed E-state index contributed by atoms with van der Waals surface area (Å²) in [6, 6.07) is 7.08. The Morgan fingerprint density at radius 3 is 1.55 bits per heavy atom. The Morgan fingerprint density at radius 2 is 1.36 bits per heavy atom. The van der Waals surface area contributed by atoms with E-state index in [1.165, 1.54) is 0 Å². The monoisotopic (exact) mass is 214 g/mol. The van der Waals surface area contributed by atoms with Crippen LogP contribution in [0.15, 0.2) is 24.3 Å². The molecule has 0 radical (unpaired) electrons. The summed E-state index contributed by atoms with van der Waals surface area (Å²) >= 11 is 11.1. The molecule has 2 nitrogen and oxygen atoms in total. The van der Waals surface area contributed by atoms with Crippen LogP contribution in [0.5, 0.6) is 0 Å². The molecule has 11 heavy (non-hydrogen) atoms. The minimum atomic E-state index is 0. The van der Waals surface area contributed by atoms with Crippen molar-refractivity contribution in [2.75, 3.05) is 0 Å². The van der Waals surface area contributed by atoms with E-state index in [2.05, 4.69) is 11.7 Å². The van der Waals surface area contributed by atoms with Gasteiger partial charge in [0.15, 0.2) is 0 Å². The molecule has 0 aliphatic heterocycles. The van der Waals surface area contributed by atoms with Gasteiger partial charge in [0.25, 0.3) is 0 Å². The SMILES string of the molecule is Cl.Clc1cccc(Cl)c1.NN. The van der Waals surface area contributed by atoms with E-state index in [9.17, 15) is 0 Å². The molecule has 4 N–H and O–H groups in total. The highest BCUT2D eigenvalue weighted by atomic mass is 35.5. The minimum absolute atomic E-state index is 0. The molecule has 0 bridgehead atoms. The lowest BCUT2D eigenvalue weighted by Gasteiger charge is -1.86. The standard InChI is InChI=1S/C6H4Cl2.ClH.H4N2/c7-5-2-1-3-6(8)4-5;;1-2/h1-4H;1H;1-2H2. The average molecular weight is 216 g/mol. The number of hydrogen-bond acceptors (Lipinski definition) is 2. The first-order valence-electron chi connectivity index (χ1n) is 2.53. The zero-order chi connectivity index (χ0) is 7.98. The molecule has 0 aliphatic carbocycles. The molecule has 0 aliphatic rings. The van der Waals surface area contributed by atoms with Crippen molar-refractivity contribution < 1.29 is 0 Å². The van der Waals surface area contributed by atoms with E-state index in [0.717, 1.165) is 0 Å². The van der Waals surface area contributed by atoms with Gasteiger partial charge in [-0.15, -0.1) is 12.4 Å². The number of hydrazine groups is 1. The highest BCUT2D eigenvalue weighted by Gasteiger charge is 1.84. The average Bonchev–Trinajstić information content (AvgIpc) is 1.91. The van der Waals surface area contributed by atoms with Gasteiger partial charge in [0.1, 0.15) is 0 Å². The molecule has 64 valence electrons. The Kier molecular flexibility index (Phi) is 10.0. The molecule has 0 atom stereocenters. The van der Waals surface area contributed by atoms with Gasteiger partial charge >= 0.3 is 0 Å². The first kappa shape index (κ1) is 13.6. The summed E-state index contributed by atoms with van der Waals surface area (Å²) < 4.78 is 0. The number of nitrogens with two attached hydrogens (primary N) is 2. The smallest absolute Gasteiger partial charge is 0.0420 e. The first-order valence-corrected chi connectivity index (χ1v) is 3.29. The third-order valence-corrected chi connectivity index (χ3v) is 1.26. The van der Waals surface area contributed by atoms with Crippen molar-refractivity contribution in [1.82, 2.24) is 0 Å². The lowest BCUT2D eigenvalue weighted by Crippen LogP contribution is -2.02. The topological polar surface area (TPSA) is 52.0 Å². The summed E-state index contributed by atoms with van der Waals surface area (Å²) in [4.78, 5) is 0. The molecule has 1 aromatic rings. The summed E-state index contributed by atoms with van der Waals surface area (Å²) in [6.07, 6.45) is 0. The Hall–Kier alpha value is 0.01000. The van der Waals surface area contributed by atoms with Gasteiger partial charge in [-0.3, -0.25) is 11.7 Å². The molecule has 0 spiro atoms. The van der Waals surface area contributed by atoms with Gasteiger partial charge < -0.3 is 0 Å². The predicted octanol–water partition coefficient (Wildman–Crippen LogP) is 2.23. The predicted molar refractivity (Wildman–Crippen MR) is 52.1 cm³/mol. The van der Waals surface area contributed by atoms with E-state index in [-0.39, 0.29) is 12.4 Å². The Balaban J connectivity index is 0. The molecule has 0 saturated carbocycles. The molecular weight excluding hydrogens is 206 g/mol. The van der Waals surface area contributed by atoms with Crippen molar-refractivity contribution in [2.24, 2.45) is 11.7 Å². The Morgan fingerprint density at radius 1 is 1.00 bits per heavy atom. The summed E-state index contributed by atoms with van der Waals surface area (Å²) in [5.74, 6) is 8.00. The van der Waals surface area contributed by atoms with Crippen molar-refractivity contribution >= 4 is 35.6 Å². The van der Waals surface area contributed by atoms with Crippen LogP contribution in [0.2, 0.25) is 10.0 Å². The maximum Gasteiger partial charge on any atom is 0.0420 e. The normalized spacial score (nSPS) is 7.27. The van der Waals surface area contributed by atoms with Crippen LogP contribution in [0.4, 0.5) is 0 Å². The van der Waals surface area contributed by atoms with Gasteiger partial charge in [-0.25, -0.2) is 0 Å². The lowest BCUT2D eigenvalue weighted by molar-refractivity contribution is 1.26. The van der Waals surface area contributed by atoms with E-state index >= 15 is 0 Å². The Labute approximate surface area is 81.8 Å². The summed E-state index contributed by atoms with van der Waals surface area (Å²) in [6.45, 7) is 0. The van der Waals surface area contributed by atoms with E-state index in [0.29, 0.717) is 10.0 Å². The van der Waals surface area contributed by atoms with Crippen LogP contribution in [-0.4, -0.2) is 0 Å². The van der Waals surface area contributed by atoms with Gasteiger partial charge in [-0.2, -0.15) is 0 Å². The molecule has 0 aromatic heterocycles. The molecular formula is C6H9Cl3N2. The first-order chi connectivity index (χ1) is 4.79. The second kappa shape index (κ2) is 8.11. The van der Waals surface area contributed by atoms with Crippen LogP contribution in [0.25, 0.3) is 0 Å². The highest BCUT2D eigenvalue weighted by Crippen LogP contribution is 2.13. The third-order valence-electron chi connectivity index (χ3n) is 0.787. The number of hydrogen-bond donors (Lipinski definition) is 2. The second-order valence-corrected chi connectivity index (χ2v) is 2.31.